The Hall–Kier alpha value is -0.590. The van der Waals surface area contributed by atoms with Gasteiger partial charge in [0.2, 0.25) is 5.91 Å². The van der Waals surface area contributed by atoms with Crippen molar-refractivity contribution in [1.29, 1.82) is 0 Å². The van der Waals surface area contributed by atoms with Gasteiger partial charge in [-0.1, -0.05) is 71.1 Å². The van der Waals surface area contributed by atoms with E-state index < -0.39 is 24.4 Å². The number of aliphatic carboxylic acids is 2. The zero-order valence-electron chi connectivity index (χ0n) is 14.9. The SMILES string of the molecule is CCCCCCCCCCCCCC(=O)N[C@@H](CC(=O)O)C(=O)O.[NaH]. The molecule has 0 rings (SSSR count). The van der Waals surface area contributed by atoms with Crippen molar-refractivity contribution < 1.29 is 24.6 Å². The summed E-state index contributed by atoms with van der Waals surface area (Å²) in [7, 11) is 0. The number of carbonyl (C=O) groups excluding carboxylic acids is 1. The Morgan fingerprint density at radius 1 is 0.800 bits per heavy atom. The van der Waals surface area contributed by atoms with Gasteiger partial charge in [0.25, 0.3) is 0 Å². The molecule has 1 amide bonds. The van der Waals surface area contributed by atoms with Gasteiger partial charge in [-0.05, 0) is 6.42 Å². The first-order valence-corrected chi connectivity index (χ1v) is 9.21. The van der Waals surface area contributed by atoms with E-state index in [2.05, 4.69) is 12.2 Å². The van der Waals surface area contributed by atoms with Gasteiger partial charge >= 0.3 is 41.5 Å². The molecule has 0 fully saturated rings. The predicted octanol–water partition coefficient (Wildman–Crippen LogP) is 3.08. The summed E-state index contributed by atoms with van der Waals surface area (Å²) in [5.74, 6) is -2.94. The fourth-order valence-electron chi connectivity index (χ4n) is 2.59. The molecule has 25 heavy (non-hydrogen) atoms. The Morgan fingerprint density at radius 2 is 1.24 bits per heavy atom. The summed E-state index contributed by atoms with van der Waals surface area (Å²) in [6.07, 6.45) is 12.7. The van der Waals surface area contributed by atoms with Crippen molar-refractivity contribution in [3.63, 3.8) is 0 Å². The number of carboxylic acid groups (broad SMARTS) is 2. The molecule has 0 radical (unpaired) electrons. The fourth-order valence-corrected chi connectivity index (χ4v) is 2.59. The molecule has 0 bridgehead atoms. The summed E-state index contributed by atoms with van der Waals surface area (Å²) in [6.45, 7) is 2.22. The van der Waals surface area contributed by atoms with E-state index in [4.69, 9.17) is 10.2 Å². The molecular formula is C18H34NNaO5. The van der Waals surface area contributed by atoms with E-state index in [0.29, 0.717) is 6.42 Å². The van der Waals surface area contributed by atoms with E-state index in [1.54, 1.807) is 0 Å². The fraction of sp³-hybridized carbons (Fsp3) is 0.833. The summed E-state index contributed by atoms with van der Waals surface area (Å²) in [5, 5.41) is 19.7. The molecule has 0 saturated heterocycles. The first-order chi connectivity index (χ1) is 11.5. The van der Waals surface area contributed by atoms with E-state index in [-0.39, 0.29) is 41.9 Å². The second-order valence-electron chi connectivity index (χ2n) is 6.34. The van der Waals surface area contributed by atoms with Crippen molar-refractivity contribution in [1.82, 2.24) is 5.32 Å². The Kier molecular flexibility index (Phi) is 19.4. The number of unbranched alkanes of at least 4 members (excludes halogenated alkanes) is 10. The van der Waals surface area contributed by atoms with E-state index >= 15 is 0 Å². The van der Waals surface area contributed by atoms with Crippen LogP contribution in [-0.4, -0.2) is 63.7 Å². The van der Waals surface area contributed by atoms with Crippen LogP contribution in [-0.2, 0) is 14.4 Å². The summed E-state index contributed by atoms with van der Waals surface area (Å²) in [4.78, 5) is 33.0. The van der Waals surface area contributed by atoms with Crippen LogP contribution in [0.25, 0.3) is 0 Å². The Morgan fingerprint density at radius 3 is 1.64 bits per heavy atom. The number of carbonyl (C=O) groups is 3. The molecule has 0 aromatic heterocycles. The van der Waals surface area contributed by atoms with Gasteiger partial charge in [0.05, 0.1) is 6.42 Å². The predicted molar refractivity (Wildman–Crippen MR) is 100 cm³/mol. The van der Waals surface area contributed by atoms with Crippen LogP contribution in [0.1, 0.15) is 90.4 Å². The molecule has 0 unspecified atom stereocenters. The van der Waals surface area contributed by atoms with Crippen LogP contribution in [0.3, 0.4) is 0 Å². The van der Waals surface area contributed by atoms with Crippen LogP contribution < -0.4 is 5.32 Å². The van der Waals surface area contributed by atoms with Gasteiger partial charge in [-0.25, -0.2) is 4.79 Å². The van der Waals surface area contributed by atoms with Crippen LogP contribution >= 0.6 is 0 Å². The minimum absolute atomic E-state index is 0. The van der Waals surface area contributed by atoms with Crippen molar-refractivity contribution in [2.24, 2.45) is 0 Å². The molecule has 0 aliphatic rings. The number of amides is 1. The molecule has 142 valence electrons. The van der Waals surface area contributed by atoms with Gasteiger partial charge < -0.3 is 15.5 Å². The zero-order chi connectivity index (χ0) is 18.2. The van der Waals surface area contributed by atoms with Crippen molar-refractivity contribution in [2.75, 3.05) is 0 Å². The zero-order valence-corrected chi connectivity index (χ0v) is 14.9. The van der Waals surface area contributed by atoms with Crippen LogP contribution in [0.2, 0.25) is 0 Å². The van der Waals surface area contributed by atoms with E-state index in [1.165, 1.54) is 51.4 Å². The number of nitrogens with one attached hydrogen (secondary N) is 1. The van der Waals surface area contributed by atoms with Crippen LogP contribution in [0.4, 0.5) is 0 Å². The Labute approximate surface area is 173 Å². The third kappa shape index (κ3) is 18.0. The van der Waals surface area contributed by atoms with Crippen molar-refractivity contribution in [3.05, 3.63) is 0 Å². The third-order valence-corrected chi connectivity index (χ3v) is 4.02. The van der Waals surface area contributed by atoms with Crippen LogP contribution in [0.5, 0.6) is 0 Å². The normalized spacial score (nSPS) is 11.4. The van der Waals surface area contributed by atoms with Crippen LogP contribution in [0, 0.1) is 0 Å². The number of hydrogen-bond donors (Lipinski definition) is 3. The standard InChI is InChI=1S/C18H33NO5.Na.H/c1-2-3-4-5-6-7-8-9-10-11-12-13-16(20)19-15(18(23)24)14-17(21)22;;/h15H,2-14H2,1H3,(H,19,20)(H,21,22)(H,23,24);;/t15-;;/m0../s1. The second kappa shape index (κ2) is 18.2. The average molecular weight is 367 g/mol. The third-order valence-electron chi connectivity index (χ3n) is 4.02. The maximum atomic E-state index is 11.6. The number of rotatable bonds is 16. The summed E-state index contributed by atoms with van der Waals surface area (Å²) < 4.78 is 0. The van der Waals surface area contributed by atoms with Crippen molar-refractivity contribution in [3.8, 4) is 0 Å². The molecule has 0 aliphatic carbocycles. The summed E-state index contributed by atoms with van der Waals surface area (Å²) in [5.41, 5.74) is 0. The average Bonchev–Trinajstić information content (AvgIpc) is 2.51. The van der Waals surface area contributed by atoms with E-state index in [1.807, 2.05) is 0 Å². The van der Waals surface area contributed by atoms with Gasteiger partial charge in [-0.15, -0.1) is 0 Å². The van der Waals surface area contributed by atoms with Crippen LogP contribution in [0.15, 0.2) is 0 Å². The van der Waals surface area contributed by atoms with Crippen molar-refractivity contribution in [2.45, 2.75) is 96.4 Å². The van der Waals surface area contributed by atoms with Crippen molar-refractivity contribution >= 4 is 47.4 Å². The molecule has 7 heteroatoms. The monoisotopic (exact) mass is 367 g/mol. The molecule has 0 spiro atoms. The molecule has 1 atom stereocenters. The minimum atomic E-state index is -1.34. The first kappa shape index (κ1) is 26.6. The summed E-state index contributed by atoms with van der Waals surface area (Å²) >= 11 is 0. The Bertz CT molecular complexity index is 376. The molecule has 0 saturated carbocycles. The molecule has 0 heterocycles. The molecule has 3 N–H and O–H groups in total. The molecule has 0 aromatic rings. The number of carboxylic acids is 2. The van der Waals surface area contributed by atoms with Gasteiger partial charge in [0.15, 0.2) is 0 Å². The Balaban J connectivity index is 0. The van der Waals surface area contributed by atoms with Gasteiger partial charge in [-0.3, -0.25) is 9.59 Å². The molecular weight excluding hydrogens is 333 g/mol. The number of hydrogen-bond acceptors (Lipinski definition) is 3. The first-order valence-electron chi connectivity index (χ1n) is 9.21. The molecule has 0 aliphatic heterocycles. The van der Waals surface area contributed by atoms with E-state index in [9.17, 15) is 14.4 Å². The van der Waals surface area contributed by atoms with Gasteiger partial charge in [0, 0.05) is 6.42 Å². The maximum absolute atomic E-state index is 11.6. The van der Waals surface area contributed by atoms with E-state index in [0.717, 1.165) is 12.8 Å². The quantitative estimate of drug-likeness (QED) is 0.287. The molecule has 0 aromatic carbocycles. The van der Waals surface area contributed by atoms with Gasteiger partial charge in [-0.2, -0.15) is 0 Å². The summed E-state index contributed by atoms with van der Waals surface area (Å²) in [6, 6.07) is -1.34. The second-order valence-corrected chi connectivity index (χ2v) is 6.34. The van der Waals surface area contributed by atoms with Gasteiger partial charge in [0.1, 0.15) is 6.04 Å². The molecule has 6 nitrogen and oxygen atoms in total. The topological polar surface area (TPSA) is 104 Å².